The Morgan fingerprint density at radius 3 is 2.94 bits per heavy atom. The van der Waals surface area contributed by atoms with Crippen molar-refractivity contribution in [3.8, 4) is 0 Å². The summed E-state index contributed by atoms with van der Waals surface area (Å²) in [6.45, 7) is 3.37. The zero-order valence-electron chi connectivity index (χ0n) is 9.47. The highest BCUT2D eigenvalue weighted by Crippen LogP contribution is 2.23. The number of nitrogens with two attached hydrogens (primary N) is 1. The minimum absolute atomic E-state index is 0.0968. The maximum Gasteiger partial charge on any atom is 0.311 e. The van der Waals surface area contributed by atoms with Gasteiger partial charge in [-0.15, -0.1) is 0 Å². The molecular weight excluding hydrogens is 226 g/mol. The van der Waals surface area contributed by atoms with Crippen molar-refractivity contribution in [2.45, 2.75) is 6.92 Å². The van der Waals surface area contributed by atoms with Gasteiger partial charge in [0.1, 0.15) is 5.82 Å². The first-order valence-electron chi connectivity index (χ1n) is 5.12. The number of hydrogen-bond acceptors (Lipinski definition) is 7. The van der Waals surface area contributed by atoms with E-state index in [-0.39, 0.29) is 11.5 Å². The second kappa shape index (κ2) is 6.61. The molecule has 0 saturated carbocycles. The first-order valence-corrected chi connectivity index (χ1v) is 5.12. The number of nitrogen functional groups attached to an aromatic ring is 1. The molecule has 0 fully saturated rings. The molecule has 17 heavy (non-hydrogen) atoms. The summed E-state index contributed by atoms with van der Waals surface area (Å²) in [6.07, 6.45) is 0. The monoisotopic (exact) mass is 241 g/mol. The maximum absolute atomic E-state index is 10.8. The fourth-order valence-corrected chi connectivity index (χ4v) is 1.20. The van der Waals surface area contributed by atoms with Crippen LogP contribution >= 0.6 is 0 Å². The van der Waals surface area contributed by atoms with Gasteiger partial charge in [0, 0.05) is 19.2 Å². The van der Waals surface area contributed by atoms with E-state index in [9.17, 15) is 10.1 Å². The summed E-state index contributed by atoms with van der Waals surface area (Å²) in [7, 11) is 0. The third-order valence-electron chi connectivity index (χ3n) is 1.96. The topological polar surface area (TPSA) is 115 Å². The Bertz CT molecular complexity index is 385. The third kappa shape index (κ3) is 3.85. The van der Waals surface area contributed by atoms with Crippen molar-refractivity contribution in [1.29, 1.82) is 0 Å². The molecule has 0 saturated heterocycles. The van der Waals surface area contributed by atoms with Gasteiger partial charge >= 0.3 is 5.69 Å². The lowest BCUT2D eigenvalue weighted by Gasteiger charge is -2.07. The number of nitro groups is 1. The largest absolute Gasteiger partial charge is 0.380 e. The van der Waals surface area contributed by atoms with E-state index < -0.39 is 4.92 Å². The first-order chi connectivity index (χ1) is 8.19. The number of rotatable bonds is 7. The number of pyridine rings is 1. The number of hydrogen-bond donors (Lipinski definition) is 3. The second-order valence-corrected chi connectivity index (χ2v) is 3.09. The smallest absolute Gasteiger partial charge is 0.311 e. The van der Waals surface area contributed by atoms with Gasteiger partial charge in [0.25, 0.3) is 0 Å². The summed E-state index contributed by atoms with van der Waals surface area (Å²) < 4.78 is 5.11. The van der Waals surface area contributed by atoms with Crippen molar-refractivity contribution in [2.24, 2.45) is 5.84 Å². The van der Waals surface area contributed by atoms with Gasteiger partial charge in [-0.2, -0.15) is 0 Å². The molecule has 0 atom stereocenters. The van der Waals surface area contributed by atoms with E-state index in [0.717, 1.165) is 0 Å². The van der Waals surface area contributed by atoms with E-state index in [1.165, 1.54) is 12.1 Å². The van der Waals surface area contributed by atoms with Crippen LogP contribution in [0.25, 0.3) is 0 Å². The molecule has 94 valence electrons. The average Bonchev–Trinajstić information content (AvgIpc) is 2.34. The van der Waals surface area contributed by atoms with Crippen molar-refractivity contribution in [3.05, 3.63) is 22.2 Å². The van der Waals surface area contributed by atoms with Crippen molar-refractivity contribution >= 4 is 17.3 Å². The van der Waals surface area contributed by atoms with E-state index >= 15 is 0 Å². The van der Waals surface area contributed by atoms with Crippen molar-refractivity contribution in [3.63, 3.8) is 0 Å². The van der Waals surface area contributed by atoms with Crippen molar-refractivity contribution in [1.82, 2.24) is 4.98 Å². The highest BCUT2D eigenvalue weighted by molar-refractivity contribution is 5.59. The fourth-order valence-electron chi connectivity index (χ4n) is 1.20. The minimum atomic E-state index is -0.504. The van der Waals surface area contributed by atoms with Crippen molar-refractivity contribution < 1.29 is 9.66 Å². The zero-order chi connectivity index (χ0) is 12.7. The van der Waals surface area contributed by atoms with Gasteiger partial charge in [-0.05, 0) is 13.0 Å². The molecule has 0 amide bonds. The number of hydrazine groups is 1. The third-order valence-corrected chi connectivity index (χ3v) is 1.96. The molecule has 8 heteroatoms. The molecule has 0 unspecified atom stereocenters. The van der Waals surface area contributed by atoms with Crippen LogP contribution in [0.3, 0.4) is 0 Å². The molecule has 0 aromatic carbocycles. The summed E-state index contributed by atoms with van der Waals surface area (Å²) in [5, 5.41) is 13.6. The van der Waals surface area contributed by atoms with Gasteiger partial charge in [-0.3, -0.25) is 10.1 Å². The molecule has 1 rings (SSSR count). The molecule has 1 aromatic heterocycles. The molecule has 0 radical (unpaired) electrons. The summed E-state index contributed by atoms with van der Waals surface area (Å²) in [4.78, 5) is 14.2. The van der Waals surface area contributed by atoms with Gasteiger partial charge < -0.3 is 15.5 Å². The maximum atomic E-state index is 10.8. The molecule has 0 spiro atoms. The lowest BCUT2D eigenvalue weighted by atomic mass is 10.3. The molecule has 1 heterocycles. The summed E-state index contributed by atoms with van der Waals surface area (Å²) in [6, 6.07) is 2.77. The number of anilines is 2. The molecule has 8 nitrogen and oxygen atoms in total. The highest BCUT2D eigenvalue weighted by Gasteiger charge is 2.15. The van der Waals surface area contributed by atoms with Crippen LogP contribution in [0, 0.1) is 10.1 Å². The van der Waals surface area contributed by atoms with Crippen LogP contribution in [0.4, 0.5) is 17.3 Å². The quantitative estimate of drug-likeness (QED) is 0.279. The number of ether oxygens (including phenoxy) is 1. The fraction of sp³-hybridized carbons (Fsp3) is 0.444. The molecule has 0 aliphatic heterocycles. The zero-order valence-corrected chi connectivity index (χ0v) is 9.47. The first kappa shape index (κ1) is 13.1. The summed E-state index contributed by atoms with van der Waals surface area (Å²) >= 11 is 0. The van der Waals surface area contributed by atoms with Gasteiger partial charge in [0.2, 0.25) is 5.82 Å². The SMILES string of the molecule is CCOCCNc1nc(NN)ccc1[N+](=O)[O-]. The van der Waals surface area contributed by atoms with E-state index in [1.54, 1.807) is 0 Å². The Hall–Kier alpha value is -1.93. The van der Waals surface area contributed by atoms with Crippen LogP contribution < -0.4 is 16.6 Å². The number of nitrogens with one attached hydrogen (secondary N) is 2. The van der Waals surface area contributed by atoms with E-state index in [4.69, 9.17) is 10.6 Å². The van der Waals surface area contributed by atoms with Gasteiger partial charge in [0.15, 0.2) is 0 Å². The molecule has 0 bridgehead atoms. The Kier molecular flexibility index (Phi) is 5.11. The van der Waals surface area contributed by atoms with Crippen LogP contribution in [0.2, 0.25) is 0 Å². The number of aromatic nitrogens is 1. The Morgan fingerprint density at radius 2 is 2.35 bits per heavy atom. The predicted octanol–water partition coefficient (Wildman–Crippen LogP) is 0.724. The normalized spacial score (nSPS) is 10.0. The minimum Gasteiger partial charge on any atom is -0.380 e. The van der Waals surface area contributed by atoms with Crippen LogP contribution in [0.5, 0.6) is 0 Å². The van der Waals surface area contributed by atoms with Crippen LogP contribution in [0.15, 0.2) is 12.1 Å². The molecule has 1 aromatic rings. The standard InChI is InChI=1S/C9H15N5O3/c1-2-17-6-5-11-9-7(14(15)16)3-4-8(12-9)13-10/h3-4H,2,5-6,10H2,1H3,(H2,11,12,13). The van der Waals surface area contributed by atoms with Gasteiger partial charge in [-0.25, -0.2) is 10.8 Å². The highest BCUT2D eigenvalue weighted by atomic mass is 16.6. The molecule has 4 N–H and O–H groups in total. The molecule has 0 aliphatic rings. The number of nitrogens with zero attached hydrogens (tertiary/aromatic N) is 2. The Balaban J connectivity index is 2.75. The van der Waals surface area contributed by atoms with Gasteiger partial charge in [0.05, 0.1) is 11.5 Å². The lowest BCUT2D eigenvalue weighted by molar-refractivity contribution is -0.384. The molecule has 0 aliphatic carbocycles. The van der Waals surface area contributed by atoms with Gasteiger partial charge in [-0.1, -0.05) is 0 Å². The predicted molar refractivity (Wildman–Crippen MR) is 63.7 cm³/mol. The Morgan fingerprint density at radius 1 is 1.59 bits per heavy atom. The summed E-state index contributed by atoms with van der Waals surface area (Å²) in [5.74, 6) is 5.71. The van der Waals surface area contributed by atoms with Crippen molar-refractivity contribution in [2.75, 3.05) is 30.5 Å². The lowest BCUT2D eigenvalue weighted by Crippen LogP contribution is -2.14. The van der Waals surface area contributed by atoms with E-state index in [0.29, 0.717) is 25.6 Å². The van der Waals surface area contributed by atoms with Crippen LogP contribution in [-0.4, -0.2) is 29.7 Å². The average molecular weight is 241 g/mol. The van der Waals surface area contributed by atoms with Crippen LogP contribution in [-0.2, 0) is 4.74 Å². The van der Waals surface area contributed by atoms with E-state index in [2.05, 4.69) is 15.7 Å². The second-order valence-electron chi connectivity index (χ2n) is 3.09. The van der Waals surface area contributed by atoms with Crippen LogP contribution in [0.1, 0.15) is 6.92 Å². The summed E-state index contributed by atoms with van der Waals surface area (Å²) in [5.41, 5.74) is 2.23. The molecular formula is C9H15N5O3. The van der Waals surface area contributed by atoms with E-state index in [1.807, 2.05) is 6.92 Å². The Labute approximate surface area is 98.3 Å².